The van der Waals surface area contributed by atoms with Crippen LogP contribution < -0.4 is 0 Å². The quantitative estimate of drug-likeness (QED) is 0.791. The van der Waals surface area contributed by atoms with Crippen LogP contribution in [0.15, 0.2) is 18.2 Å². The van der Waals surface area contributed by atoms with Crippen LogP contribution in [-0.2, 0) is 9.47 Å². The van der Waals surface area contributed by atoms with E-state index in [1.807, 2.05) is 0 Å². The van der Waals surface area contributed by atoms with E-state index in [-0.39, 0.29) is 11.5 Å². The van der Waals surface area contributed by atoms with Gasteiger partial charge >= 0.3 is 5.97 Å². The zero-order chi connectivity index (χ0) is 13.5. The molecule has 1 aliphatic heterocycles. The molecule has 0 radical (unpaired) electrons. The van der Waals surface area contributed by atoms with Crippen LogP contribution in [0, 0.1) is 17.6 Å². The highest BCUT2D eigenvalue weighted by Gasteiger charge is 2.54. The molecule has 1 aromatic carbocycles. The van der Waals surface area contributed by atoms with Crippen molar-refractivity contribution in [2.75, 3.05) is 13.2 Å². The topological polar surface area (TPSA) is 35.5 Å². The minimum Gasteiger partial charge on any atom is -0.455 e. The maximum absolute atomic E-state index is 13.5. The summed E-state index contributed by atoms with van der Waals surface area (Å²) in [7, 11) is 0. The minimum atomic E-state index is -0.790. The molecule has 0 spiro atoms. The highest BCUT2D eigenvalue weighted by Crippen LogP contribution is 2.49. The third-order valence-electron chi connectivity index (χ3n) is 3.86. The second-order valence-electron chi connectivity index (χ2n) is 5.14. The molecule has 1 saturated carbocycles. The summed E-state index contributed by atoms with van der Waals surface area (Å²) in [4.78, 5) is 12.0. The van der Waals surface area contributed by atoms with E-state index in [0.29, 0.717) is 13.2 Å². The fraction of sp³-hybridized carbons (Fsp3) is 0.500. The molecule has 1 aliphatic carbocycles. The van der Waals surface area contributed by atoms with Crippen LogP contribution in [0.3, 0.4) is 0 Å². The number of hydrogen-bond acceptors (Lipinski definition) is 3. The SMILES string of the molecule is O=C(OC1([C@H]2CCOC2)CC1)c1cc(F)ccc1F. The molecule has 0 unspecified atom stereocenters. The predicted octanol–water partition coefficient (Wildman–Crippen LogP) is 2.69. The Balaban J connectivity index is 1.76. The van der Waals surface area contributed by atoms with Crippen molar-refractivity contribution in [3.8, 4) is 0 Å². The number of carbonyl (C=O) groups excluding carboxylic acids is 1. The number of halogens is 2. The molecule has 0 amide bonds. The zero-order valence-corrected chi connectivity index (χ0v) is 10.3. The summed E-state index contributed by atoms with van der Waals surface area (Å²) in [5.41, 5.74) is -0.864. The van der Waals surface area contributed by atoms with Crippen LogP contribution in [0.25, 0.3) is 0 Å². The maximum Gasteiger partial charge on any atom is 0.341 e. The highest BCUT2D eigenvalue weighted by atomic mass is 19.1. The van der Waals surface area contributed by atoms with E-state index in [2.05, 4.69) is 0 Å². The van der Waals surface area contributed by atoms with Crippen molar-refractivity contribution in [1.29, 1.82) is 0 Å². The molecule has 0 aromatic heterocycles. The van der Waals surface area contributed by atoms with Crippen molar-refractivity contribution in [2.45, 2.75) is 24.9 Å². The smallest absolute Gasteiger partial charge is 0.341 e. The first-order chi connectivity index (χ1) is 9.11. The second kappa shape index (κ2) is 4.56. The molecule has 1 heterocycles. The summed E-state index contributed by atoms with van der Waals surface area (Å²) in [5.74, 6) is -2.03. The Morgan fingerprint density at radius 1 is 1.37 bits per heavy atom. The Kier molecular flexibility index (Phi) is 3.01. The zero-order valence-electron chi connectivity index (χ0n) is 10.3. The number of esters is 1. The number of rotatable bonds is 3. The molecular weight excluding hydrogens is 254 g/mol. The Bertz CT molecular complexity index is 505. The molecule has 5 heteroatoms. The van der Waals surface area contributed by atoms with Crippen molar-refractivity contribution in [3.05, 3.63) is 35.4 Å². The lowest BCUT2D eigenvalue weighted by molar-refractivity contribution is 0.000344. The molecule has 2 fully saturated rings. The predicted molar refractivity (Wildman–Crippen MR) is 62.7 cm³/mol. The molecule has 2 aliphatic rings. The molecule has 1 saturated heterocycles. The third-order valence-corrected chi connectivity index (χ3v) is 3.86. The molecule has 1 atom stereocenters. The van der Waals surface area contributed by atoms with Gasteiger partial charge < -0.3 is 9.47 Å². The molecule has 0 bridgehead atoms. The van der Waals surface area contributed by atoms with Crippen LogP contribution in [0.5, 0.6) is 0 Å². The van der Waals surface area contributed by atoms with E-state index < -0.39 is 23.2 Å². The standard InChI is InChI=1S/C14H14F2O3/c15-10-1-2-12(16)11(7-10)13(17)19-14(4-5-14)9-3-6-18-8-9/h1-2,7,9H,3-6,8H2/t9-/m0/s1. The fourth-order valence-electron chi connectivity index (χ4n) is 2.56. The van der Waals surface area contributed by atoms with Gasteiger partial charge in [0.1, 0.15) is 17.2 Å². The van der Waals surface area contributed by atoms with E-state index in [9.17, 15) is 13.6 Å². The molecule has 0 N–H and O–H groups in total. The minimum absolute atomic E-state index is 0.174. The van der Waals surface area contributed by atoms with Crippen LogP contribution in [0.1, 0.15) is 29.6 Å². The van der Waals surface area contributed by atoms with E-state index in [0.717, 1.165) is 37.5 Å². The Hall–Kier alpha value is -1.49. The summed E-state index contributed by atoms with van der Waals surface area (Å²) in [6.45, 7) is 1.23. The average molecular weight is 268 g/mol. The fourth-order valence-corrected chi connectivity index (χ4v) is 2.56. The van der Waals surface area contributed by atoms with Crippen LogP contribution in [0.4, 0.5) is 8.78 Å². The van der Waals surface area contributed by atoms with Gasteiger partial charge in [-0.05, 0) is 37.5 Å². The second-order valence-corrected chi connectivity index (χ2v) is 5.14. The summed E-state index contributed by atoms with van der Waals surface area (Å²) >= 11 is 0. The monoisotopic (exact) mass is 268 g/mol. The lowest BCUT2D eigenvalue weighted by Gasteiger charge is -2.22. The Morgan fingerprint density at radius 2 is 2.16 bits per heavy atom. The van der Waals surface area contributed by atoms with Crippen LogP contribution >= 0.6 is 0 Å². The van der Waals surface area contributed by atoms with Gasteiger partial charge in [0.2, 0.25) is 0 Å². The van der Waals surface area contributed by atoms with Crippen molar-refractivity contribution < 1.29 is 23.0 Å². The van der Waals surface area contributed by atoms with Crippen molar-refractivity contribution in [1.82, 2.24) is 0 Å². The first kappa shape index (κ1) is 12.5. The van der Waals surface area contributed by atoms with Gasteiger partial charge in [-0.2, -0.15) is 0 Å². The molecule has 3 nitrogen and oxygen atoms in total. The number of ether oxygens (including phenoxy) is 2. The highest BCUT2D eigenvalue weighted by molar-refractivity contribution is 5.90. The van der Waals surface area contributed by atoms with E-state index in [1.165, 1.54) is 0 Å². The van der Waals surface area contributed by atoms with Gasteiger partial charge in [-0.15, -0.1) is 0 Å². The van der Waals surface area contributed by atoms with Gasteiger partial charge in [-0.1, -0.05) is 0 Å². The van der Waals surface area contributed by atoms with Gasteiger partial charge in [-0.3, -0.25) is 0 Å². The molecular formula is C14H14F2O3. The molecule has 102 valence electrons. The summed E-state index contributed by atoms with van der Waals surface area (Å²) in [5, 5.41) is 0. The van der Waals surface area contributed by atoms with Gasteiger partial charge in [0.25, 0.3) is 0 Å². The van der Waals surface area contributed by atoms with Crippen molar-refractivity contribution in [2.24, 2.45) is 5.92 Å². The number of benzene rings is 1. The lowest BCUT2D eigenvalue weighted by Crippen LogP contribution is -2.29. The van der Waals surface area contributed by atoms with E-state index >= 15 is 0 Å². The maximum atomic E-state index is 13.5. The van der Waals surface area contributed by atoms with Gasteiger partial charge in [0.05, 0.1) is 12.2 Å². The molecule has 1 aromatic rings. The van der Waals surface area contributed by atoms with Gasteiger partial charge in [-0.25, -0.2) is 13.6 Å². The van der Waals surface area contributed by atoms with Crippen molar-refractivity contribution >= 4 is 5.97 Å². The summed E-state index contributed by atoms with van der Waals surface area (Å²) in [6, 6.07) is 2.78. The van der Waals surface area contributed by atoms with Gasteiger partial charge in [0.15, 0.2) is 0 Å². The first-order valence-corrected chi connectivity index (χ1v) is 6.37. The third kappa shape index (κ3) is 2.34. The lowest BCUT2D eigenvalue weighted by atomic mass is 9.99. The normalized spacial score (nSPS) is 24.2. The number of hydrogen-bond donors (Lipinski definition) is 0. The number of carbonyl (C=O) groups is 1. The van der Waals surface area contributed by atoms with Crippen LogP contribution in [-0.4, -0.2) is 24.8 Å². The van der Waals surface area contributed by atoms with Crippen LogP contribution in [0.2, 0.25) is 0 Å². The molecule has 19 heavy (non-hydrogen) atoms. The Morgan fingerprint density at radius 3 is 2.79 bits per heavy atom. The molecule has 3 rings (SSSR count). The van der Waals surface area contributed by atoms with Crippen molar-refractivity contribution in [3.63, 3.8) is 0 Å². The first-order valence-electron chi connectivity index (χ1n) is 6.37. The average Bonchev–Trinajstić information content (AvgIpc) is 2.95. The largest absolute Gasteiger partial charge is 0.455 e. The summed E-state index contributed by atoms with van der Waals surface area (Å²) < 4.78 is 37.3. The Labute approximate surface area is 109 Å². The van der Waals surface area contributed by atoms with Gasteiger partial charge in [0, 0.05) is 12.5 Å². The summed E-state index contributed by atoms with van der Waals surface area (Å²) in [6.07, 6.45) is 2.38. The van der Waals surface area contributed by atoms with E-state index in [1.54, 1.807) is 0 Å². The van der Waals surface area contributed by atoms with E-state index in [4.69, 9.17) is 9.47 Å².